The van der Waals surface area contributed by atoms with Gasteiger partial charge in [0.25, 0.3) is 0 Å². The average Bonchev–Trinajstić information content (AvgIpc) is 2.96. The van der Waals surface area contributed by atoms with Crippen LogP contribution in [0, 0.1) is 56.2 Å². The molecule has 0 radical (unpaired) electrons. The maximum Gasteiger partial charge on any atom is 0.217 e. The standard InChI is InChI=1S/C24H20N4O2/c1-3-24-16(2)23(15-27,21(28)30-24)22(13-25,14-26)20(29-24)19-11-9-18(10-12-19)17-7-5-4-6-8-17/h4-12,16,20,28H,3H2,1-2H3. The molecule has 2 aromatic rings. The number of hydrogen-bond donors (Lipinski definition) is 1. The van der Waals surface area contributed by atoms with E-state index < -0.39 is 28.6 Å². The number of benzene rings is 2. The maximum atomic E-state index is 10.2. The van der Waals surface area contributed by atoms with Crippen molar-refractivity contribution in [1.29, 1.82) is 21.2 Å². The van der Waals surface area contributed by atoms with E-state index in [1.165, 1.54) is 0 Å². The molecule has 2 aliphatic rings. The largest absolute Gasteiger partial charge is 0.447 e. The van der Waals surface area contributed by atoms with Gasteiger partial charge in [0.05, 0.1) is 24.1 Å². The SMILES string of the molecule is CCC12OC(=N)C(C#N)(C1C)C(C#N)(C#N)C(c1ccc(-c3ccccc3)cc1)O2. The Hall–Kier alpha value is -3.66. The van der Waals surface area contributed by atoms with E-state index in [4.69, 9.17) is 14.9 Å². The highest BCUT2D eigenvalue weighted by atomic mass is 16.7. The van der Waals surface area contributed by atoms with Crippen molar-refractivity contribution in [3.63, 3.8) is 0 Å². The van der Waals surface area contributed by atoms with Crippen molar-refractivity contribution >= 4 is 5.90 Å². The highest BCUT2D eigenvalue weighted by molar-refractivity contribution is 5.89. The summed E-state index contributed by atoms with van der Waals surface area (Å²) >= 11 is 0. The molecule has 4 rings (SSSR count). The maximum absolute atomic E-state index is 10.2. The number of nitrogens with one attached hydrogen (secondary N) is 1. The third kappa shape index (κ3) is 2.22. The first kappa shape index (κ1) is 19.6. The van der Waals surface area contributed by atoms with Crippen LogP contribution in [-0.4, -0.2) is 11.7 Å². The van der Waals surface area contributed by atoms with Crippen LogP contribution in [0.4, 0.5) is 0 Å². The lowest BCUT2D eigenvalue weighted by atomic mass is 9.53. The molecule has 2 saturated heterocycles. The second kappa shape index (κ2) is 6.70. The zero-order valence-electron chi connectivity index (χ0n) is 16.7. The van der Waals surface area contributed by atoms with Gasteiger partial charge in [0.1, 0.15) is 6.10 Å². The monoisotopic (exact) mass is 396 g/mol. The van der Waals surface area contributed by atoms with Crippen molar-refractivity contribution in [3.05, 3.63) is 60.2 Å². The zero-order chi connectivity index (χ0) is 21.6. The molecular weight excluding hydrogens is 376 g/mol. The molecule has 148 valence electrons. The van der Waals surface area contributed by atoms with Crippen LogP contribution in [0.15, 0.2) is 54.6 Å². The minimum atomic E-state index is -1.91. The van der Waals surface area contributed by atoms with Gasteiger partial charge in [0.15, 0.2) is 5.41 Å². The third-order valence-electron chi connectivity index (χ3n) is 6.62. The fraction of sp³-hybridized carbons (Fsp3) is 0.333. The summed E-state index contributed by atoms with van der Waals surface area (Å²) in [5.41, 5.74) is -1.01. The summed E-state index contributed by atoms with van der Waals surface area (Å²) in [6.45, 7) is 3.56. The first-order valence-corrected chi connectivity index (χ1v) is 9.79. The molecule has 4 atom stereocenters. The van der Waals surface area contributed by atoms with E-state index in [2.05, 4.69) is 18.2 Å². The van der Waals surface area contributed by atoms with Crippen LogP contribution in [0.25, 0.3) is 11.1 Å². The lowest BCUT2D eigenvalue weighted by Crippen LogP contribution is -2.58. The van der Waals surface area contributed by atoms with Crippen LogP contribution in [0.1, 0.15) is 31.9 Å². The van der Waals surface area contributed by atoms with Gasteiger partial charge < -0.3 is 9.47 Å². The average molecular weight is 396 g/mol. The van der Waals surface area contributed by atoms with Gasteiger partial charge in [0.2, 0.25) is 17.1 Å². The summed E-state index contributed by atoms with van der Waals surface area (Å²) in [4.78, 5) is 0. The Bertz CT molecular complexity index is 1110. The van der Waals surface area contributed by atoms with Crippen molar-refractivity contribution in [2.24, 2.45) is 16.7 Å². The second-order valence-electron chi connectivity index (χ2n) is 7.76. The van der Waals surface area contributed by atoms with E-state index in [1.807, 2.05) is 61.5 Å². The molecule has 4 unspecified atom stereocenters. The Morgan fingerprint density at radius 3 is 2.07 bits per heavy atom. The molecule has 6 nitrogen and oxygen atoms in total. The smallest absolute Gasteiger partial charge is 0.217 e. The quantitative estimate of drug-likeness (QED) is 0.806. The second-order valence-corrected chi connectivity index (χ2v) is 7.76. The van der Waals surface area contributed by atoms with Gasteiger partial charge in [-0.1, -0.05) is 68.4 Å². The van der Waals surface area contributed by atoms with Crippen LogP contribution < -0.4 is 0 Å². The molecule has 2 aromatic carbocycles. The van der Waals surface area contributed by atoms with Gasteiger partial charge in [-0.05, 0) is 16.7 Å². The van der Waals surface area contributed by atoms with Crippen molar-refractivity contribution < 1.29 is 9.47 Å². The predicted octanol–water partition coefficient (Wildman–Crippen LogP) is 4.72. The van der Waals surface area contributed by atoms with Gasteiger partial charge in [-0.25, -0.2) is 0 Å². The molecule has 0 aromatic heterocycles. The Labute approximate surface area is 175 Å². The van der Waals surface area contributed by atoms with Crippen LogP contribution >= 0.6 is 0 Å². The topological polar surface area (TPSA) is 114 Å². The molecule has 0 aliphatic carbocycles. The molecule has 2 heterocycles. The van der Waals surface area contributed by atoms with E-state index in [1.54, 1.807) is 6.92 Å². The van der Waals surface area contributed by atoms with Crippen LogP contribution in [-0.2, 0) is 9.47 Å². The first-order chi connectivity index (χ1) is 14.4. The molecule has 2 aliphatic heterocycles. The van der Waals surface area contributed by atoms with Gasteiger partial charge in [-0.15, -0.1) is 0 Å². The summed E-state index contributed by atoms with van der Waals surface area (Å²) in [7, 11) is 0. The minimum absolute atomic E-state index is 0.370. The normalized spacial score (nSPS) is 31.1. The Morgan fingerprint density at radius 1 is 0.933 bits per heavy atom. The number of rotatable bonds is 3. The molecule has 2 fully saturated rings. The van der Waals surface area contributed by atoms with Crippen molar-refractivity contribution in [2.45, 2.75) is 32.2 Å². The van der Waals surface area contributed by atoms with Crippen molar-refractivity contribution in [2.75, 3.05) is 0 Å². The molecule has 6 heteroatoms. The summed E-state index contributed by atoms with van der Waals surface area (Å²) in [5, 5.41) is 38.9. The summed E-state index contributed by atoms with van der Waals surface area (Å²) in [6.07, 6.45) is -0.651. The number of ether oxygens (including phenoxy) is 2. The Morgan fingerprint density at radius 2 is 1.53 bits per heavy atom. The molecule has 2 bridgehead atoms. The predicted molar refractivity (Wildman–Crippen MR) is 108 cm³/mol. The Kier molecular flexibility index (Phi) is 4.39. The summed E-state index contributed by atoms with van der Waals surface area (Å²) in [6, 6.07) is 23.5. The molecule has 0 spiro atoms. The van der Waals surface area contributed by atoms with Crippen LogP contribution in [0.3, 0.4) is 0 Å². The summed E-state index contributed by atoms with van der Waals surface area (Å²) < 4.78 is 12.1. The number of nitriles is 3. The molecule has 1 N–H and O–H groups in total. The third-order valence-corrected chi connectivity index (χ3v) is 6.62. The Balaban J connectivity index is 1.88. The molecule has 30 heavy (non-hydrogen) atoms. The number of hydrogen-bond acceptors (Lipinski definition) is 6. The van der Waals surface area contributed by atoms with E-state index in [9.17, 15) is 15.8 Å². The van der Waals surface area contributed by atoms with Gasteiger partial charge in [-0.2, -0.15) is 15.8 Å². The number of fused-ring (bicyclic) bond motifs is 2. The minimum Gasteiger partial charge on any atom is -0.447 e. The van der Waals surface area contributed by atoms with E-state index in [-0.39, 0.29) is 5.90 Å². The van der Waals surface area contributed by atoms with E-state index >= 15 is 0 Å². The first-order valence-electron chi connectivity index (χ1n) is 9.79. The van der Waals surface area contributed by atoms with Crippen LogP contribution in [0.5, 0.6) is 0 Å². The highest BCUT2D eigenvalue weighted by Crippen LogP contribution is 2.66. The summed E-state index contributed by atoms with van der Waals surface area (Å²) in [5.74, 6) is -2.25. The van der Waals surface area contributed by atoms with E-state index in [0.29, 0.717) is 12.0 Å². The lowest BCUT2D eigenvalue weighted by molar-refractivity contribution is -0.280. The lowest BCUT2D eigenvalue weighted by Gasteiger charge is -2.48. The van der Waals surface area contributed by atoms with Gasteiger partial charge in [-0.3, -0.25) is 5.41 Å². The van der Waals surface area contributed by atoms with Crippen LogP contribution in [0.2, 0.25) is 0 Å². The van der Waals surface area contributed by atoms with Gasteiger partial charge >= 0.3 is 0 Å². The molecule has 0 saturated carbocycles. The fourth-order valence-electron chi connectivity index (χ4n) is 4.82. The zero-order valence-corrected chi connectivity index (χ0v) is 16.7. The van der Waals surface area contributed by atoms with Crippen molar-refractivity contribution in [3.8, 4) is 29.3 Å². The van der Waals surface area contributed by atoms with E-state index in [0.717, 1.165) is 11.1 Å². The number of nitrogens with zero attached hydrogens (tertiary/aromatic N) is 3. The highest BCUT2D eigenvalue weighted by Gasteiger charge is 2.78. The molecule has 0 amide bonds. The molecular formula is C24H20N4O2. The van der Waals surface area contributed by atoms with Crippen molar-refractivity contribution in [1.82, 2.24) is 0 Å². The van der Waals surface area contributed by atoms with Gasteiger partial charge in [0, 0.05) is 6.42 Å². The fourth-order valence-corrected chi connectivity index (χ4v) is 4.82.